The highest BCUT2D eigenvalue weighted by molar-refractivity contribution is 7.80. The van der Waals surface area contributed by atoms with Crippen molar-refractivity contribution in [3.8, 4) is 0 Å². The summed E-state index contributed by atoms with van der Waals surface area (Å²) >= 11 is 5.23. The molecule has 0 bridgehead atoms. The first kappa shape index (κ1) is 12.5. The predicted molar refractivity (Wildman–Crippen MR) is 80.6 cm³/mol. The van der Waals surface area contributed by atoms with Crippen molar-refractivity contribution in [1.82, 2.24) is 0 Å². The number of anilines is 2. The molecule has 0 aliphatic carbocycles. The Kier molecular flexibility index (Phi) is 4.28. The maximum Gasteiger partial charge on any atom is 0.175 e. The zero-order chi connectivity index (χ0) is 12.8. The second kappa shape index (κ2) is 6.14. The number of para-hydroxylation sites is 1. The first-order valence-electron chi connectivity index (χ1n) is 5.70. The fraction of sp³-hybridized carbons (Fsp3) is 0.0714. The van der Waals surface area contributed by atoms with Crippen molar-refractivity contribution < 1.29 is 0 Å². The van der Waals surface area contributed by atoms with E-state index in [0.717, 1.165) is 16.9 Å². The molecule has 2 rings (SSSR count). The molecule has 4 heteroatoms. The number of hydrogen-bond donors (Lipinski definition) is 3. The molecule has 0 heterocycles. The number of thiocarbonyl (C=S) groups is 1. The average Bonchev–Trinajstić information content (AvgIpc) is 2.40. The summed E-state index contributed by atoms with van der Waals surface area (Å²) in [6.45, 7) is 0.549. The van der Waals surface area contributed by atoms with Crippen LogP contribution in [0.1, 0.15) is 5.56 Å². The van der Waals surface area contributed by atoms with Crippen LogP contribution >= 0.6 is 12.2 Å². The van der Waals surface area contributed by atoms with Crippen LogP contribution in [0.5, 0.6) is 0 Å². The molecule has 0 fully saturated rings. The zero-order valence-electron chi connectivity index (χ0n) is 9.89. The Morgan fingerprint density at radius 2 is 1.44 bits per heavy atom. The highest BCUT2D eigenvalue weighted by Gasteiger charge is 1.98. The first-order valence-corrected chi connectivity index (χ1v) is 6.11. The van der Waals surface area contributed by atoms with Crippen LogP contribution in [0.15, 0.2) is 54.6 Å². The van der Waals surface area contributed by atoms with Gasteiger partial charge in [0.2, 0.25) is 0 Å². The van der Waals surface area contributed by atoms with E-state index in [-0.39, 0.29) is 0 Å². The molecule has 4 N–H and O–H groups in total. The van der Waals surface area contributed by atoms with E-state index < -0.39 is 0 Å². The summed E-state index contributed by atoms with van der Waals surface area (Å²) in [6.07, 6.45) is 0. The van der Waals surface area contributed by atoms with Crippen LogP contribution in [0.3, 0.4) is 0 Å². The number of nitrogens with two attached hydrogens (primary N) is 1. The van der Waals surface area contributed by atoms with Crippen molar-refractivity contribution in [3.05, 3.63) is 60.2 Å². The topological polar surface area (TPSA) is 50.1 Å². The van der Waals surface area contributed by atoms with Gasteiger partial charge in [0.15, 0.2) is 5.11 Å². The summed E-state index contributed by atoms with van der Waals surface area (Å²) in [5, 5.41) is 6.81. The van der Waals surface area contributed by atoms with Crippen molar-refractivity contribution in [3.63, 3.8) is 0 Å². The third kappa shape index (κ3) is 3.55. The lowest BCUT2D eigenvalue weighted by Gasteiger charge is -2.10. The first-order chi connectivity index (χ1) is 8.78. The summed E-state index contributed by atoms with van der Waals surface area (Å²) in [6, 6.07) is 17.7. The summed E-state index contributed by atoms with van der Waals surface area (Å²) in [4.78, 5) is 0. The summed E-state index contributed by atoms with van der Waals surface area (Å²) in [5.74, 6) is 0. The minimum absolute atomic E-state index is 0.549. The van der Waals surface area contributed by atoms with Gasteiger partial charge in [-0.05, 0) is 42.0 Å². The molecule has 0 amide bonds. The van der Waals surface area contributed by atoms with E-state index >= 15 is 0 Å². The molecule has 92 valence electrons. The van der Waals surface area contributed by atoms with Gasteiger partial charge in [0.05, 0.1) is 0 Å². The van der Waals surface area contributed by atoms with Crippen LogP contribution in [0, 0.1) is 0 Å². The molecular weight excluding hydrogens is 242 g/mol. The summed E-state index contributed by atoms with van der Waals surface area (Å²) in [5.41, 5.74) is 8.56. The lowest BCUT2D eigenvalue weighted by atomic mass is 10.2. The number of nitrogens with one attached hydrogen (secondary N) is 2. The molecule has 0 atom stereocenters. The van der Waals surface area contributed by atoms with Gasteiger partial charge in [0, 0.05) is 17.9 Å². The Balaban J connectivity index is 1.94. The lowest BCUT2D eigenvalue weighted by molar-refractivity contribution is 1.07. The maximum absolute atomic E-state index is 5.54. The normalized spacial score (nSPS) is 9.83. The molecule has 0 saturated carbocycles. The third-order valence-electron chi connectivity index (χ3n) is 2.48. The molecule has 0 aliphatic heterocycles. The highest BCUT2D eigenvalue weighted by atomic mass is 32.1. The minimum Gasteiger partial charge on any atom is -0.332 e. The van der Waals surface area contributed by atoms with Gasteiger partial charge in [-0.1, -0.05) is 30.3 Å². The smallest absolute Gasteiger partial charge is 0.175 e. The molecule has 0 aromatic heterocycles. The molecule has 2 aromatic rings. The van der Waals surface area contributed by atoms with Gasteiger partial charge in [-0.15, -0.1) is 0 Å². The van der Waals surface area contributed by atoms with E-state index in [4.69, 9.17) is 18.0 Å². The quantitative estimate of drug-likeness (QED) is 0.740. The second-order valence-electron chi connectivity index (χ2n) is 3.85. The monoisotopic (exact) mass is 257 g/mol. The predicted octanol–water partition coefficient (Wildman–Crippen LogP) is 2.95. The largest absolute Gasteiger partial charge is 0.332 e. The van der Waals surface area contributed by atoms with E-state index in [1.165, 1.54) is 0 Å². The number of hydrogen-bond acceptors (Lipinski definition) is 2. The fourth-order valence-electron chi connectivity index (χ4n) is 1.54. The Bertz CT molecular complexity index is 508. The van der Waals surface area contributed by atoms with Gasteiger partial charge in [-0.2, -0.15) is 0 Å². The molecule has 0 aliphatic rings. The highest BCUT2D eigenvalue weighted by Crippen LogP contribution is 2.11. The van der Waals surface area contributed by atoms with E-state index in [2.05, 4.69) is 10.6 Å². The minimum atomic E-state index is 0.549. The van der Waals surface area contributed by atoms with E-state index in [9.17, 15) is 0 Å². The number of rotatable bonds is 3. The lowest BCUT2D eigenvalue weighted by Crippen LogP contribution is -2.18. The Morgan fingerprint density at radius 1 is 0.889 bits per heavy atom. The Labute approximate surface area is 112 Å². The van der Waals surface area contributed by atoms with Crippen molar-refractivity contribution in [2.24, 2.45) is 5.73 Å². The summed E-state index contributed by atoms with van der Waals surface area (Å²) < 4.78 is 0. The molecule has 2 aromatic carbocycles. The van der Waals surface area contributed by atoms with Gasteiger partial charge >= 0.3 is 0 Å². The molecule has 18 heavy (non-hydrogen) atoms. The number of benzene rings is 2. The van der Waals surface area contributed by atoms with Crippen LogP contribution in [-0.2, 0) is 6.54 Å². The molecule has 3 nitrogen and oxygen atoms in total. The van der Waals surface area contributed by atoms with Crippen molar-refractivity contribution in [2.45, 2.75) is 6.54 Å². The Morgan fingerprint density at radius 3 is 2.00 bits per heavy atom. The van der Waals surface area contributed by atoms with Crippen LogP contribution < -0.4 is 16.4 Å². The van der Waals surface area contributed by atoms with Gasteiger partial charge in [0.25, 0.3) is 0 Å². The summed E-state index contributed by atoms with van der Waals surface area (Å²) in [7, 11) is 0. The third-order valence-corrected chi connectivity index (χ3v) is 2.68. The average molecular weight is 257 g/mol. The van der Waals surface area contributed by atoms with Crippen molar-refractivity contribution in [2.75, 3.05) is 10.6 Å². The van der Waals surface area contributed by atoms with Gasteiger partial charge < -0.3 is 16.4 Å². The molecular formula is C14H15N3S. The maximum atomic E-state index is 5.54. The SMILES string of the molecule is NCc1ccc(NC(=S)Nc2ccccc2)cc1. The zero-order valence-corrected chi connectivity index (χ0v) is 10.7. The van der Waals surface area contributed by atoms with Crippen molar-refractivity contribution in [1.29, 1.82) is 0 Å². The van der Waals surface area contributed by atoms with E-state index in [0.29, 0.717) is 11.7 Å². The molecule has 0 unspecified atom stereocenters. The molecule has 0 saturated heterocycles. The van der Waals surface area contributed by atoms with Crippen molar-refractivity contribution >= 4 is 28.7 Å². The van der Waals surface area contributed by atoms with Gasteiger partial charge in [-0.25, -0.2) is 0 Å². The fourth-order valence-corrected chi connectivity index (χ4v) is 1.77. The van der Waals surface area contributed by atoms with Gasteiger partial charge in [0.1, 0.15) is 0 Å². The van der Waals surface area contributed by atoms with E-state index in [1.54, 1.807) is 0 Å². The van der Waals surface area contributed by atoms with E-state index in [1.807, 2.05) is 54.6 Å². The second-order valence-corrected chi connectivity index (χ2v) is 4.25. The van der Waals surface area contributed by atoms with Crippen LogP contribution in [0.4, 0.5) is 11.4 Å². The van der Waals surface area contributed by atoms with Crippen LogP contribution in [0.2, 0.25) is 0 Å². The Hall–Kier alpha value is -1.91. The van der Waals surface area contributed by atoms with Crippen LogP contribution in [-0.4, -0.2) is 5.11 Å². The molecule has 0 radical (unpaired) electrons. The standard InChI is InChI=1S/C14H15N3S/c15-10-11-6-8-13(9-7-11)17-14(18)16-12-4-2-1-3-5-12/h1-9H,10,15H2,(H2,16,17,18). The molecule has 0 spiro atoms. The van der Waals surface area contributed by atoms with Gasteiger partial charge in [-0.3, -0.25) is 0 Å². The van der Waals surface area contributed by atoms with Crippen LogP contribution in [0.25, 0.3) is 0 Å².